The van der Waals surface area contributed by atoms with Crippen molar-refractivity contribution in [1.29, 1.82) is 0 Å². The fourth-order valence-corrected chi connectivity index (χ4v) is 4.28. The second-order valence-corrected chi connectivity index (χ2v) is 8.41. The van der Waals surface area contributed by atoms with E-state index in [9.17, 15) is 24.9 Å². The van der Waals surface area contributed by atoms with E-state index < -0.39 is 17.4 Å². The van der Waals surface area contributed by atoms with E-state index in [1.54, 1.807) is 25.1 Å². The van der Waals surface area contributed by atoms with E-state index in [2.05, 4.69) is 0 Å². The van der Waals surface area contributed by atoms with Crippen LogP contribution in [0.15, 0.2) is 41.2 Å². The summed E-state index contributed by atoms with van der Waals surface area (Å²) in [4.78, 5) is 26.1. The minimum absolute atomic E-state index is 0.0128. The van der Waals surface area contributed by atoms with Crippen molar-refractivity contribution in [3.63, 3.8) is 0 Å². The largest absolute Gasteiger partial charge is 0.507 e. The van der Waals surface area contributed by atoms with E-state index in [0.717, 1.165) is 0 Å². The molecule has 0 saturated carbocycles. The van der Waals surface area contributed by atoms with Crippen LogP contribution in [0.3, 0.4) is 0 Å². The van der Waals surface area contributed by atoms with Crippen LogP contribution in [0.5, 0.6) is 34.5 Å². The number of hydrogen-bond donors (Lipinski definition) is 3. The van der Waals surface area contributed by atoms with Gasteiger partial charge in [0.05, 0.1) is 40.4 Å². The maximum atomic E-state index is 13.7. The van der Waals surface area contributed by atoms with Crippen molar-refractivity contribution >= 4 is 5.97 Å². The number of carbonyl (C=O) groups is 1. The molecule has 10 nitrogen and oxygen atoms in total. The molecule has 2 aromatic carbocycles. The SMILES string of the molecule is COC(=O)C[C@H](c1cc(OC)c(OC)c(OC)c1)c1c(O)cc(C)n(CCc2ccc(O)c(O)c2)c1=O. The van der Waals surface area contributed by atoms with Crippen molar-refractivity contribution in [2.75, 3.05) is 28.4 Å². The van der Waals surface area contributed by atoms with E-state index in [-0.39, 0.29) is 35.8 Å². The van der Waals surface area contributed by atoms with Crippen molar-refractivity contribution in [2.24, 2.45) is 0 Å². The molecule has 0 unspecified atom stereocenters. The average Bonchev–Trinajstić information content (AvgIpc) is 2.88. The second-order valence-electron chi connectivity index (χ2n) is 8.41. The van der Waals surface area contributed by atoms with Crippen LogP contribution in [0.2, 0.25) is 0 Å². The van der Waals surface area contributed by atoms with Crippen LogP contribution in [0.1, 0.15) is 34.7 Å². The molecule has 3 aromatic rings. The zero-order chi connectivity index (χ0) is 27.3. The lowest BCUT2D eigenvalue weighted by Gasteiger charge is -2.22. The van der Waals surface area contributed by atoms with Gasteiger partial charge in [-0.2, -0.15) is 0 Å². The quantitative estimate of drug-likeness (QED) is 0.276. The highest BCUT2D eigenvalue weighted by Gasteiger charge is 2.29. The lowest BCUT2D eigenvalue weighted by molar-refractivity contribution is -0.140. The first-order valence-corrected chi connectivity index (χ1v) is 11.5. The predicted molar refractivity (Wildman–Crippen MR) is 135 cm³/mol. The summed E-state index contributed by atoms with van der Waals surface area (Å²) in [5.74, 6) is -1.23. The van der Waals surface area contributed by atoms with Crippen molar-refractivity contribution in [2.45, 2.75) is 32.2 Å². The Bertz CT molecular complexity index is 1320. The van der Waals surface area contributed by atoms with Gasteiger partial charge in [0.2, 0.25) is 5.75 Å². The van der Waals surface area contributed by atoms with Crippen LogP contribution in [-0.2, 0) is 22.5 Å². The Hall–Kier alpha value is -4.34. The number of phenolic OH excluding ortho intramolecular Hbond substituents is 2. The molecule has 0 bridgehead atoms. The number of aromatic hydroxyl groups is 3. The molecule has 1 heterocycles. The van der Waals surface area contributed by atoms with Crippen molar-refractivity contribution in [3.8, 4) is 34.5 Å². The normalized spacial score (nSPS) is 11.6. The van der Waals surface area contributed by atoms with E-state index in [0.29, 0.717) is 40.5 Å². The number of methoxy groups -OCH3 is 4. The van der Waals surface area contributed by atoms with Crippen LogP contribution in [0, 0.1) is 6.92 Å². The van der Waals surface area contributed by atoms with Gasteiger partial charge in [-0.3, -0.25) is 9.59 Å². The zero-order valence-electron chi connectivity index (χ0n) is 21.4. The smallest absolute Gasteiger partial charge is 0.306 e. The van der Waals surface area contributed by atoms with Crippen LogP contribution in [-0.4, -0.2) is 54.3 Å². The summed E-state index contributed by atoms with van der Waals surface area (Å²) in [6.07, 6.45) is 0.136. The topological polar surface area (TPSA) is 137 Å². The minimum atomic E-state index is -0.891. The number of rotatable bonds is 10. The highest BCUT2D eigenvalue weighted by Crippen LogP contribution is 2.43. The summed E-state index contributed by atoms with van der Waals surface area (Å²) in [7, 11) is 5.61. The van der Waals surface area contributed by atoms with Gasteiger partial charge in [0.1, 0.15) is 5.75 Å². The summed E-state index contributed by atoms with van der Waals surface area (Å²) in [5, 5.41) is 30.3. The number of carbonyl (C=O) groups excluding carboxylic acids is 1. The maximum absolute atomic E-state index is 13.7. The van der Waals surface area contributed by atoms with E-state index in [1.165, 1.54) is 51.2 Å². The highest BCUT2D eigenvalue weighted by atomic mass is 16.5. The monoisotopic (exact) mass is 513 g/mol. The van der Waals surface area contributed by atoms with Gasteiger partial charge in [-0.05, 0) is 54.8 Å². The van der Waals surface area contributed by atoms with Crippen LogP contribution < -0.4 is 19.8 Å². The Morgan fingerprint density at radius 2 is 1.54 bits per heavy atom. The van der Waals surface area contributed by atoms with E-state index in [4.69, 9.17) is 18.9 Å². The van der Waals surface area contributed by atoms with Crippen molar-refractivity contribution < 1.29 is 39.1 Å². The maximum Gasteiger partial charge on any atom is 0.306 e. The van der Waals surface area contributed by atoms with E-state index in [1.807, 2.05) is 0 Å². The third-order valence-electron chi connectivity index (χ3n) is 6.22. The lowest BCUT2D eigenvalue weighted by Crippen LogP contribution is -2.29. The fraction of sp³-hybridized carbons (Fsp3) is 0.333. The zero-order valence-corrected chi connectivity index (χ0v) is 21.4. The Labute approximate surface area is 214 Å². The fourth-order valence-electron chi connectivity index (χ4n) is 4.28. The molecule has 0 saturated heterocycles. The second kappa shape index (κ2) is 11.6. The summed E-state index contributed by atoms with van der Waals surface area (Å²) >= 11 is 0. The molecule has 0 aliphatic carbocycles. The number of benzene rings is 2. The number of phenols is 2. The number of nitrogens with zero attached hydrogens (tertiary/aromatic N) is 1. The molecular formula is C27H31NO9. The van der Waals surface area contributed by atoms with Gasteiger partial charge in [0.15, 0.2) is 23.0 Å². The van der Waals surface area contributed by atoms with Crippen LogP contribution in [0.25, 0.3) is 0 Å². The molecule has 0 aliphatic heterocycles. The lowest BCUT2D eigenvalue weighted by atomic mass is 9.87. The molecule has 0 radical (unpaired) electrons. The highest BCUT2D eigenvalue weighted by molar-refractivity contribution is 5.72. The van der Waals surface area contributed by atoms with Crippen molar-refractivity contribution in [1.82, 2.24) is 4.57 Å². The third kappa shape index (κ3) is 5.74. The Morgan fingerprint density at radius 1 is 0.892 bits per heavy atom. The van der Waals surface area contributed by atoms with Crippen molar-refractivity contribution in [3.05, 3.63) is 69.1 Å². The molecule has 0 spiro atoms. The van der Waals surface area contributed by atoms with Gasteiger partial charge in [-0.15, -0.1) is 0 Å². The number of hydrogen-bond acceptors (Lipinski definition) is 9. The standard InChI is InChI=1S/C27H31NO9/c1-15-10-21(31)25(27(33)28(15)9-8-16-6-7-19(29)20(30)11-16)18(14-24(32)36-4)17-12-22(34-2)26(37-5)23(13-17)35-3/h6-7,10-13,18,29-31H,8-9,14H2,1-5H3/t18-/m1/s1. The molecule has 37 heavy (non-hydrogen) atoms. The number of aromatic nitrogens is 1. The Balaban J connectivity index is 2.14. The molecule has 3 rings (SSSR count). The first kappa shape index (κ1) is 27.3. The Morgan fingerprint density at radius 3 is 2.08 bits per heavy atom. The molecule has 0 amide bonds. The van der Waals surface area contributed by atoms with Gasteiger partial charge >= 0.3 is 5.97 Å². The molecule has 198 valence electrons. The number of ether oxygens (including phenoxy) is 4. The van der Waals surface area contributed by atoms with Gasteiger partial charge in [0, 0.05) is 18.2 Å². The molecule has 0 fully saturated rings. The molecule has 0 aliphatic rings. The third-order valence-corrected chi connectivity index (χ3v) is 6.22. The number of aryl methyl sites for hydroxylation is 2. The van der Waals surface area contributed by atoms with Gasteiger partial charge < -0.3 is 38.8 Å². The minimum Gasteiger partial charge on any atom is -0.507 e. The molecule has 1 aromatic heterocycles. The molecule has 1 atom stereocenters. The average molecular weight is 514 g/mol. The van der Waals surface area contributed by atoms with Gasteiger partial charge in [-0.1, -0.05) is 6.07 Å². The van der Waals surface area contributed by atoms with Crippen LogP contribution >= 0.6 is 0 Å². The summed E-state index contributed by atoms with van der Waals surface area (Å²) < 4.78 is 22.6. The van der Waals surface area contributed by atoms with E-state index >= 15 is 0 Å². The van der Waals surface area contributed by atoms with Gasteiger partial charge in [-0.25, -0.2) is 0 Å². The Kier molecular flexibility index (Phi) is 8.54. The summed E-state index contributed by atoms with van der Waals surface area (Å²) in [6, 6.07) is 9.15. The molecular weight excluding hydrogens is 482 g/mol. The number of esters is 1. The summed E-state index contributed by atoms with van der Waals surface area (Å²) in [6.45, 7) is 1.91. The summed E-state index contributed by atoms with van der Waals surface area (Å²) in [5.41, 5.74) is 1.22. The first-order chi connectivity index (χ1) is 17.6. The van der Waals surface area contributed by atoms with Crippen LogP contribution in [0.4, 0.5) is 0 Å². The first-order valence-electron chi connectivity index (χ1n) is 11.5. The van der Waals surface area contributed by atoms with Gasteiger partial charge in [0.25, 0.3) is 5.56 Å². The predicted octanol–water partition coefficient (Wildman–Crippen LogP) is 3.24. The molecule has 3 N–H and O–H groups in total. The molecule has 10 heteroatoms. The number of pyridine rings is 1.